The standard InChI is InChI=1S/C22H24ClN7/c1-22(2,3)11-19-20-17(10-18(13-24)25-20)8-9-29(19)14-30-27-21(26-28-30)16-6-4-15(12-23)5-7-16/h4-10,19,25H,11-12,14H2,1-3H3. The number of fused-ring (bicyclic) bond motifs is 1. The molecule has 0 saturated heterocycles. The van der Waals surface area contributed by atoms with Gasteiger partial charge < -0.3 is 9.88 Å². The van der Waals surface area contributed by atoms with Crippen molar-refractivity contribution in [3.8, 4) is 17.5 Å². The van der Waals surface area contributed by atoms with E-state index in [0.717, 1.165) is 28.8 Å². The first kappa shape index (κ1) is 20.2. The van der Waals surface area contributed by atoms with Crippen molar-refractivity contribution in [2.45, 2.75) is 45.8 Å². The summed E-state index contributed by atoms with van der Waals surface area (Å²) >= 11 is 5.86. The molecule has 0 amide bonds. The van der Waals surface area contributed by atoms with Crippen molar-refractivity contribution in [1.82, 2.24) is 30.1 Å². The topological polar surface area (TPSA) is 86.4 Å². The Morgan fingerprint density at radius 2 is 2.00 bits per heavy atom. The van der Waals surface area contributed by atoms with Crippen molar-refractivity contribution in [2.24, 2.45) is 5.41 Å². The summed E-state index contributed by atoms with van der Waals surface area (Å²) < 4.78 is 0. The van der Waals surface area contributed by atoms with Crippen LogP contribution < -0.4 is 0 Å². The summed E-state index contributed by atoms with van der Waals surface area (Å²) in [6.45, 7) is 7.11. The molecule has 30 heavy (non-hydrogen) atoms. The summed E-state index contributed by atoms with van der Waals surface area (Å²) in [6.07, 6.45) is 4.98. The van der Waals surface area contributed by atoms with Crippen LogP contribution in [-0.4, -0.2) is 30.1 Å². The van der Waals surface area contributed by atoms with Gasteiger partial charge in [0.1, 0.15) is 18.4 Å². The third-order valence-corrected chi connectivity index (χ3v) is 5.40. The largest absolute Gasteiger partial charge is 0.348 e. The minimum atomic E-state index is 0.0876. The molecule has 1 aliphatic heterocycles. The van der Waals surface area contributed by atoms with E-state index in [2.05, 4.69) is 52.1 Å². The molecule has 1 atom stereocenters. The van der Waals surface area contributed by atoms with Gasteiger partial charge >= 0.3 is 0 Å². The highest BCUT2D eigenvalue weighted by atomic mass is 35.5. The summed E-state index contributed by atoms with van der Waals surface area (Å²) in [5.74, 6) is 1.06. The average Bonchev–Trinajstić information content (AvgIpc) is 3.36. The molecular formula is C22H24ClN7. The number of hydrogen-bond acceptors (Lipinski definition) is 5. The maximum Gasteiger partial charge on any atom is 0.204 e. The molecule has 0 radical (unpaired) electrons. The van der Waals surface area contributed by atoms with E-state index in [1.807, 2.05) is 42.6 Å². The highest BCUT2D eigenvalue weighted by Crippen LogP contribution is 2.38. The predicted molar refractivity (Wildman–Crippen MR) is 116 cm³/mol. The number of benzene rings is 1. The number of alkyl halides is 1. The predicted octanol–water partition coefficient (Wildman–Crippen LogP) is 4.70. The van der Waals surface area contributed by atoms with Gasteiger partial charge in [-0.15, -0.1) is 26.6 Å². The van der Waals surface area contributed by atoms with Crippen LogP contribution in [0.5, 0.6) is 0 Å². The lowest BCUT2D eigenvalue weighted by Gasteiger charge is -2.36. The van der Waals surface area contributed by atoms with E-state index in [4.69, 9.17) is 11.6 Å². The second-order valence-electron chi connectivity index (χ2n) is 8.73. The Kier molecular flexibility index (Phi) is 5.35. The quantitative estimate of drug-likeness (QED) is 0.603. The molecule has 1 aromatic carbocycles. The summed E-state index contributed by atoms with van der Waals surface area (Å²) in [7, 11) is 0. The number of nitriles is 1. The minimum absolute atomic E-state index is 0.0876. The fourth-order valence-electron chi connectivity index (χ4n) is 3.66. The third-order valence-electron chi connectivity index (χ3n) is 5.09. The van der Waals surface area contributed by atoms with Gasteiger partial charge in [0.15, 0.2) is 0 Å². The van der Waals surface area contributed by atoms with Crippen LogP contribution in [0.1, 0.15) is 55.7 Å². The van der Waals surface area contributed by atoms with Crippen LogP contribution >= 0.6 is 11.6 Å². The molecule has 0 aliphatic carbocycles. The van der Waals surface area contributed by atoms with Crippen molar-refractivity contribution in [3.63, 3.8) is 0 Å². The Hall–Kier alpha value is -3.11. The maximum atomic E-state index is 9.29. The molecule has 7 nitrogen and oxygen atoms in total. The number of hydrogen-bond donors (Lipinski definition) is 1. The smallest absolute Gasteiger partial charge is 0.204 e. The number of H-pyrrole nitrogens is 1. The number of aromatic nitrogens is 5. The van der Waals surface area contributed by atoms with E-state index in [0.29, 0.717) is 24.1 Å². The Balaban J connectivity index is 1.58. The fraction of sp³-hybridized carbons (Fsp3) is 0.364. The summed E-state index contributed by atoms with van der Waals surface area (Å²) in [5.41, 5.74) is 4.75. The van der Waals surface area contributed by atoms with Gasteiger partial charge in [0.25, 0.3) is 0 Å². The Morgan fingerprint density at radius 3 is 2.67 bits per heavy atom. The van der Waals surface area contributed by atoms with E-state index in [1.165, 1.54) is 0 Å². The lowest BCUT2D eigenvalue weighted by molar-refractivity contribution is 0.149. The van der Waals surface area contributed by atoms with Crippen LogP contribution in [0.2, 0.25) is 0 Å². The molecule has 154 valence electrons. The first-order valence-corrected chi connectivity index (χ1v) is 10.4. The molecule has 8 heteroatoms. The zero-order valence-electron chi connectivity index (χ0n) is 17.3. The molecule has 0 fully saturated rings. The maximum absolute atomic E-state index is 9.29. The summed E-state index contributed by atoms with van der Waals surface area (Å²) in [4.78, 5) is 7.07. The molecule has 0 spiro atoms. The van der Waals surface area contributed by atoms with Crippen molar-refractivity contribution in [2.75, 3.05) is 0 Å². The molecule has 1 unspecified atom stereocenters. The SMILES string of the molecule is CC(C)(C)CC1c2[nH]c(C#N)cc2C=CN1Cn1nnc(-c2ccc(CCl)cc2)n1. The Bertz CT molecular complexity index is 1100. The lowest BCUT2D eigenvalue weighted by atomic mass is 9.85. The zero-order chi connectivity index (χ0) is 21.3. The van der Waals surface area contributed by atoms with Crippen LogP contribution in [0.4, 0.5) is 0 Å². The molecule has 4 rings (SSSR count). The number of aromatic amines is 1. The van der Waals surface area contributed by atoms with Gasteiger partial charge in [-0.3, -0.25) is 0 Å². The second kappa shape index (κ2) is 7.96. The number of rotatable bonds is 5. The van der Waals surface area contributed by atoms with E-state index in [9.17, 15) is 5.26 Å². The lowest BCUT2D eigenvalue weighted by Crippen LogP contribution is -2.32. The van der Waals surface area contributed by atoms with Gasteiger partial charge in [-0.1, -0.05) is 45.0 Å². The normalized spacial score (nSPS) is 15.8. The molecular weight excluding hydrogens is 398 g/mol. The zero-order valence-corrected chi connectivity index (χ0v) is 18.1. The first-order valence-electron chi connectivity index (χ1n) is 9.86. The average molecular weight is 422 g/mol. The van der Waals surface area contributed by atoms with Gasteiger partial charge in [0, 0.05) is 28.9 Å². The molecule has 3 aromatic rings. The van der Waals surface area contributed by atoms with Gasteiger partial charge in [-0.25, -0.2) is 0 Å². The van der Waals surface area contributed by atoms with Crippen LogP contribution in [0.3, 0.4) is 0 Å². The van der Waals surface area contributed by atoms with Crippen LogP contribution in [0.15, 0.2) is 36.5 Å². The van der Waals surface area contributed by atoms with Crippen LogP contribution in [0.25, 0.3) is 17.5 Å². The van der Waals surface area contributed by atoms with Gasteiger partial charge in [-0.05, 0) is 34.8 Å². The van der Waals surface area contributed by atoms with E-state index in [-0.39, 0.29) is 11.5 Å². The van der Waals surface area contributed by atoms with E-state index in [1.54, 1.807) is 4.80 Å². The Morgan fingerprint density at radius 1 is 1.23 bits per heavy atom. The molecule has 3 heterocycles. The molecule has 1 aliphatic rings. The highest BCUT2D eigenvalue weighted by Gasteiger charge is 2.30. The number of nitrogens with one attached hydrogen (secondary N) is 1. The van der Waals surface area contributed by atoms with Gasteiger partial charge in [0.05, 0.1) is 6.04 Å². The fourth-order valence-corrected chi connectivity index (χ4v) is 3.84. The second-order valence-corrected chi connectivity index (χ2v) is 9.00. The summed E-state index contributed by atoms with van der Waals surface area (Å²) in [6, 6.07) is 12.0. The van der Waals surface area contributed by atoms with Crippen molar-refractivity contribution >= 4 is 17.7 Å². The molecule has 0 bridgehead atoms. The van der Waals surface area contributed by atoms with Gasteiger partial charge in [-0.2, -0.15) is 5.26 Å². The van der Waals surface area contributed by atoms with E-state index >= 15 is 0 Å². The third kappa shape index (κ3) is 4.24. The molecule has 2 aromatic heterocycles. The van der Waals surface area contributed by atoms with Crippen molar-refractivity contribution in [3.05, 3.63) is 59.0 Å². The first-order chi connectivity index (χ1) is 14.4. The van der Waals surface area contributed by atoms with Gasteiger partial charge in [0.2, 0.25) is 5.82 Å². The monoisotopic (exact) mass is 421 g/mol. The molecule has 0 saturated carbocycles. The minimum Gasteiger partial charge on any atom is -0.348 e. The number of tetrazole rings is 1. The van der Waals surface area contributed by atoms with Crippen LogP contribution in [0, 0.1) is 16.7 Å². The van der Waals surface area contributed by atoms with E-state index < -0.39 is 0 Å². The van der Waals surface area contributed by atoms with Crippen molar-refractivity contribution < 1.29 is 0 Å². The summed E-state index contributed by atoms with van der Waals surface area (Å²) in [5, 5.41) is 22.3. The Labute approximate surface area is 181 Å². The van der Waals surface area contributed by atoms with Crippen molar-refractivity contribution in [1.29, 1.82) is 5.26 Å². The van der Waals surface area contributed by atoms with Crippen LogP contribution in [-0.2, 0) is 12.5 Å². The highest BCUT2D eigenvalue weighted by molar-refractivity contribution is 6.17. The number of nitrogens with zero attached hydrogens (tertiary/aromatic N) is 6. The molecule has 1 N–H and O–H groups in total. The number of halogens is 1.